The topological polar surface area (TPSA) is 95.1 Å². The van der Waals surface area contributed by atoms with Gasteiger partial charge in [0.1, 0.15) is 4.90 Å². The maximum atomic E-state index is 12.2. The fraction of sp³-hybridized carbons (Fsp3) is 0.308. The van der Waals surface area contributed by atoms with Gasteiger partial charge in [-0.2, -0.15) is 5.10 Å². The molecule has 2 rings (SSSR count). The van der Waals surface area contributed by atoms with Crippen LogP contribution in [0.15, 0.2) is 29.2 Å². The van der Waals surface area contributed by atoms with Crippen molar-refractivity contribution in [3.8, 4) is 0 Å². The van der Waals surface area contributed by atoms with Crippen molar-refractivity contribution in [1.82, 2.24) is 14.9 Å². The molecule has 0 atom stereocenters. The van der Waals surface area contributed by atoms with Crippen molar-refractivity contribution in [2.45, 2.75) is 31.9 Å². The molecule has 6 nitrogen and oxygen atoms in total. The molecule has 0 spiro atoms. The minimum Gasteiger partial charge on any atom is -0.392 e. The second kappa shape index (κ2) is 5.74. The first-order valence-electron chi connectivity index (χ1n) is 6.14. The second-order valence-electron chi connectivity index (χ2n) is 4.56. The van der Waals surface area contributed by atoms with E-state index in [1.807, 2.05) is 0 Å². The first-order chi connectivity index (χ1) is 9.44. The summed E-state index contributed by atoms with van der Waals surface area (Å²) in [6.07, 6.45) is 0. The van der Waals surface area contributed by atoms with E-state index in [-0.39, 0.29) is 18.0 Å². The van der Waals surface area contributed by atoms with E-state index in [0.717, 1.165) is 11.1 Å². The second-order valence-corrected chi connectivity index (χ2v) is 6.27. The van der Waals surface area contributed by atoms with Crippen LogP contribution in [0.2, 0.25) is 0 Å². The maximum absolute atomic E-state index is 12.2. The van der Waals surface area contributed by atoms with Crippen molar-refractivity contribution in [3.63, 3.8) is 0 Å². The summed E-state index contributed by atoms with van der Waals surface area (Å²) in [4.78, 5) is 0.199. The van der Waals surface area contributed by atoms with E-state index in [4.69, 9.17) is 5.11 Å². The number of aryl methyl sites for hydroxylation is 2. The van der Waals surface area contributed by atoms with Crippen LogP contribution in [0.3, 0.4) is 0 Å². The molecule has 0 bridgehead atoms. The predicted molar refractivity (Wildman–Crippen MR) is 74.5 cm³/mol. The molecule has 0 fully saturated rings. The lowest BCUT2D eigenvalue weighted by Gasteiger charge is -2.07. The lowest BCUT2D eigenvalue weighted by Crippen LogP contribution is -2.24. The van der Waals surface area contributed by atoms with Crippen LogP contribution < -0.4 is 4.72 Å². The molecule has 3 N–H and O–H groups in total. The summed E-state index contributed by atoms with van der Waals surface area (Å²) in [7, 11) is -3.59. The van der Waals surface area contributed by atoms with E-state index in [1.165, 1.54) is 0 Å². The highest BCUT2D eigenvalue weighted by molar-refractivity contribution is 7.89. The highest BCUT2D eigenvalue weighted by atomic mass is 32.2. The molecule has 1 heterocycles. The minimum absolute atomic E-state index is 0.0284. The predicted octanol–water partition coefficient (Wildman–Crippen LogP) is 0.997. The lowest BCUT2D eigenvalue weighted by molar-refractivity contribution is 0.282. The monoisotopic (exact) mass is 295 g/mol. The fourth-order valence-corrected chi connectivity index (χ4v) is 3.33. The lowest BCUT2D eigenvalue weighted by atomic mass is 10.1. The van der Waals surface area contributed by atoms with Crippen LogP contribution in [0.25, 0.3) is 0 Å². The van der Waals surface area contributed by atoms with Crippen molar-refractivity contribution in [2.75, 3.05) is 0 Å². The molecule has 0 aliphatic rings. The van der Waals surface area contributed by atoms with Crippen molar-refractivity contribution in [2.24, 2.45) is 0 Å². The van der Waals surface area contributed by atoms with Crippen LogP contribution in [0, 0.1) is 13.8 Å². The average Bonchev–Trinajstić information content (AvgIpc) is 2.77. The van der Waals surface area contributed by atoms with E-state index in [9.17, 15) is 8.42 Å². The molecule has 20 heavy (non-hydrogen) atoms. The molecule has 0 saturated heterocycles. The molecular formula is C13H17N3O3S. The van der Waals surface area contributed by atoms with Crippen LogP contribution in [0.1, 0.15) is 22.5 Å². The third-order valence-electron chi connectivity index (χ3n) is 3.00. The number of nitrogens with zero attached hydrogens (tertiary/aromatic N) is 1. The molecule has 2 aromatic rings. The van der Waals surface area contributed by atoms with Gasteiger partial charge < -0.3 is 5.11 Å². The van der Waals surface area contributed by atoms with Gasteiger partial charge in [-0.15, -0.1) is 0 Å². The summed E-state index contributed by atoms with van der Waals surface area (Å²) >= 11 is 0. The average molecular weight is 295 g/mol. The number of aromatic amines is 1. The Morgan fingerprint density at radius 3 is 2.30 bits per heavy atom. The Morgan fingerprint density at radius 2 is 1.80 bits per heavy atom. The summed E-state index contributed by atoms with van der Waals surface area (Å²) in [5.41, 5.74) is 2.58. The molecule has 0 saturated carbocycles. The number of sulfonamides is 1. The van der Waals surface area contributed by atoms with E-state index in [2.05, 4.69) is 14.9 Å². The smallest absolute Gasteiger partial charge is 0.244 e. The van der Waals surface area contributed by atoms with Gasteiger partial charge in [-0.25, -0.2) is 13.1 Å². The highest BCUT2D eigenvalue weighted by Gasteiger charge is 2.21. The zero-order valence-electron chi connectivity index (χ0n) is 11.3. The number of aliphatic hydroxyl groups is 1. The van der Waals surface area contributed by atoms with Gasteiger partial charge in [0.25, 0.3) is 0 Å². The quantitative estimate of drug-likeness (QED) is 0.767. The van der Waals surface area contributed by atoms with E-state index >= 15 is 0 Å². The van der Waals surface area contributed by atoms with Crippen LogP contribution >= 0.6 is 0 Å². The SMILES string of the molecule is Cc1n[nH]c(C)c1S(=O)(=O)NCc1ccc(CO)cc1. The summed E-state index contributed by atoms with van der Waals surface area (Å²) in [6.45, 7) is 3.48. The van der Waals surface area contributed by atoms with E-state index < -0.39 is 10.0 Å². The first-order valence-corrected chi connectivity index (χ1v) is 7.62. The zero-order valence-corrected chi connectivity index (χ0v) is 12.2. The first kappa shape index (κ1) is 14.7. The fourth-order valence-electron chi connectivity index (χ4n) is 1.95. The molecule has 108 valence electrons. The van der Waals surface area contributed by atoms with Crippen molar-refractivity contribution in [3.05, 3.63) is 46.8 Å². The Kier molecular flexibility index (Phi) is 4.22. The third-order valence-corrected chi connectivity index (χ3v) is 4.66. The van der Waals surface area contributed by atoms with Crippen LogP contribution in [0.4, 0.5) is 0 Å². The molecule has 0 aliphatic heterocycles. The number of aromatic nitrogens is 2. The van der Waals surface area contributed by atoms with Gasteiger partial charge in [-0.1, -0.05) is 24.3 Å². The third kappa shape index (κ3) is 3.06. The van der Waals surface area contributed by atoms with Crippen molar-refractivity contribution in [1.29, 1.82) is 0 Å². The Labute approximate surface area is 117 Å². The number of hydrogen-bond donors (Lipinski definition) is 3. The summed E-state index contributed by atoms with van der Waals surface area (Å²) in [6, 6.07) is 7.09. The molecule has 0 radical (unpaired) electrons. The van der Waals surface area contributed by atoms with E-state index in [1.54, 1.807) is 38.1 Å². The number of rotatable bonds is 5. The van der Waals surface area contributed by atoms with Crippen LogP contribution in [0.5, 0.6) is 0 Å². The van der Waals surface area contributed by atoms with Gasteiger partial charge in [0, 0.05) is 6.54 Å². The largest absolute Gasteiger partial charge is 0.392 e. The normalized spacial score (nSPS) is 11.8. The molecule has 1 aromatic carbocycles. The molecule has 0 aliphatic carbocycles. The molecule has 7 heteroatoms. The van der Waals surface area contributed by atoms with Gasteiger partial charge in [0.2, 0.25) is 10.0 Å². The van der Waals surface area contributed by atoms with Gasteiger partial charge in [0.05, 0.1) is 18.0 Å². The van der Waals surface area contributed by atoms with Crippen molar-refractivity contribution >= 4 is 10.0 Å². The molecular weight excluding hydrogens is 278 g/mol. The summed E-state index contributed by atoms with van der Waals surface area (Å²) < 4.78 is 27.0. The Morgan fingerprint density at radius 1 is 1.20 bits per heavy atom. The van der Waals surface area contributed by atoms with Crippen LogP contribution in [-0.2, 0) is 23.2 Å². The standard InChI is InChI=1S/C13H17N3O3S/c1-9-13(10(2)16-15-9)20(18,19)14-7-11-3-5-12(8-17)6-4-11/h3-6,14,17H,7-8H2,1-2H3,(H,15,16). The number of nitrogens with one attached hydrogen (secondary N) is 2. The number of H-pyrrole nitrogens is 1. The minimum atomic E-state index is -3.59. The van der Waals surface area contributed by atoms with E-state index in [0.29, 0.717) is 11.4 Å². The summed E-state index contributed by atoms with van der Waals surface area (Å²) in [5, 5.41) is 15.5. The van der Waals surface area contributed by atoms with Gasteiger partial charge in [-0.05, 0) is 25.0 Å². The van der Waals surface area contributed by atoms with Gasteiger partial charge in [-0.3, -0.25) is 5.10 Å². The van der Waals surface area contributed by atoms with Gasteiger partial charge >= 0.3 is 0 Å². The summed E-state index contributed by atoms with van der Waals surface area (Å²) in [5.74, 6) is 0. The molecule has 0 amide bonds. The maximum Gasteiger partial charge on any atom is 0.244 e. The Balaban J connectivity index is 2.13. The molecule has 0 unspecified atom stereocenters. The van der Waals surface area contributed by atoms with Crippen molar-refractivity contribution < 1.29 is 13.5 Å². The zero-order chi connectivity index (χ0) is 14.8. The Hall–Kier alpha value is -1.70. The highest BCUT2D eigenvalue weighted by Crippen LogP contribution is 2.16. The number of aliphatic hydroxyl groups excluding tert-OH is 1. The number of benzene rings is 1. The molecule has 1 aromatic heterocycles. The van der Waals surface area contributed by atoms with Crippen LogP contribution in [-0.4, -0.2) is 23.7 Å². The number of hydrogen-bond acceptors (Lipinski definition) is 4. The van der Waals surface area contributed by atoms with Gasteiger partial charge in [0.15, 0.2) is 0 Å². The Bertz CT molecular complexity index is 671.